The Morgan fingerprint density at radius 1 is 1.04 bits per heavy atom. The Bertz CT molecular complexity index is 916. The van der Waals surface area contributed by atoms with Crippen LogP contribution in [0.3, 0.4) is 0 Å². The van der Waals surface area contributed by atoms with Crippen molar-refractivity contribution in [2.45, 2.75) is 18.5 Å². The minimum Gasteiger partial charge on any atom is -0.497 e. The molecule has 1 aliphatic heterocycles. The summed E-state index contributed by atoms with van der Waals surface area (Å²) in [4.78, 5) is 0. The molecule has 0 amide bonds. The third-order valence-electron chi connectivity index (χ3n) is 5.06. The van der Waals surface area contributed by atoms with Gasteiger partial charge in [-0.2, -0.15) is 0 Å². The van der Waals surface area contributed by atoms with Crippen LogP contribution in [0.25, 0.3) is 11.3 Å². The molecule has 2 aromatic carbocycles. The van der Waals surface area contributed by atoms with Crippen LogP contribution in [0.5, 0.6) is 11.5 Å². The summed E-state index contributed by atoms with van der Waals surface area (Å²) in [6, 6.07) is 17.8. The van der Waals surface area contributed by atoms with Gasteiger partial charge in [0.05, 0.1) is 38.7 Å². The summed E-state index contributed by atoms with van der Waals surface area (Å²) in [6.45, 7) is 2.00. The van der Waals surface area contributed by atoms with Gasteiger partial charge >= 0.3 is 0 Å². The Morgan fingerprint density at radius 3 is 2.50 bits per heavy atom. The van der Waals surface area contributed by atoms with E-state index in [4.69, 9.17) is 18.7 Å². The van der Waals surface area contributed by atoms with E-state index in [0.29, 0.717) is 19.8 Å². The molecule has 6 nitrogen and oxygen atoms in total. The van der Waals surface area contributed by atoms with Gasteiger partial charge in [-0.3, -0.25) is 0 Å². The molecular weight excluding hydrogens is 356 g/mol. The summed E-state index contributed by atoms with van der Waals surface area (Å²) < 4.78 is 21.7. The quantitative estimate of drug-likeness (QED) is 0.646. The van der Waals surface area contributed by atoms with E-state index in [9.17, 15) is 0 Å². The first-order valence-corrected chi connectivity index (χ1v) is 9.26. The van der Waals surface area contributed by atoms with Crippen molar-refractivity contribution in [2.24, 2.45) is 0 Å². The zero-order valence-corrected chi connectivity index (χ0v) is 16.1. The highest BCUT2D eigenvalue weighted by molar-refractivity contribution is 5.58. The molecule has 3 aromatic rings. The van der Waals surface area contributed by atoms with Crippen LogP contribution in [0, 0.1) is 0 Å². The van der Waals surface area contributed by atoms with Crippen LogP contribution in [-0.2, 0) is 17.7 Å². The molecule has 0 saturated carbocycles. The average Bonchev–Trinajstić information content (AvgIpc) is 3.18. The number of rotatable bonds is 8. The maximum Gasteiger partial charge on any atom is 0.167 e. The topological polar surface area (TPSA) is 65.8 Å². The molecule has 146 valence electrons. The normalized spacial score (nSPS) is 15.1. The van der Waals surface area contributed by atoms with Crippen molar-refractivity contribution in [2.75, 3.05) is 27.4 Å². The second-order valence-corrected chi connectivity index (χ2v) is 7.03. The molecule has 0 radical (unpaired) electrons. The summed E-state index contributed by atoms with van der Waals surface area (Å²) in [6.07, 6.45) is 0.738. The molecule has 0 atom stereocenters. The Kier molecular flexibility index (Phi) is 5.32. The van der Waals surface area contributed by atoms with Gasteiger partial charge in [0.2, 0.25) is 0 Å². The fourth-order valence-corrected chi connectivity index (χ4v) is 3.38. The largest absolute Gasteiger partial charge is 0.497 e. The molecule has 1 aromatic heterocycles. The molecule has 1 fully saturated rings. The van der Waals surface area contributed by atoms with Crippen LogP contribution in [0.1, 0.15) is 11.3 Å². The summed E-state index contributed by atoms with van der Waals surface area (Å²) in [5, 5.41) is 7.90. The average molecular weight is 380 g/mol. The van der Waals surface area contributed by atoms with E-state index in [1.807, 2.05) is 48.5 Å². The Balaban J connectivity index is 1.44. The summed E-state index contributed by atoms with van der Waals surface area (Å²) >= 11 is 0. The number of hydrogen-bond acceptors (Lipinski definition) is 6. The van der Waals surface area contributed by atoms with E-state index in [2.05, 4.69) is 16.5 Å². The molecule has 1 N–H and O–H groups in total. The fraction of sp³-hybridized carbons (Fsp3) is 0.318. The van der Waals surface area contributed by atoms with Gasteiger partial charge in [-0.15, -0.1) is 0 Å². The number of nitrogens with one attached hydrogen (secondary N) is 1. The number of methoxy groups -OCH3 is 2. The zero-order chi connectivity index (χ0) is 19.4. The molecule has 2 heterocycles. The van der Waals surface area contributed by atoms with Gasteiger partial charge < -0.3 is 24.1 Å². The maximum absolute atomic E-state index is 5.56. The highest BCUT2D eigenvalue weighted by atomic mass is 16.5. The molecular formula is C22H24N2O4. The van der Waals surface area contributed by atoms with Gasteiger partial charge in [-0.1, -0.05) is 23.4 Å². The summed E-state index contributed by atoms with van der Waals surface area (Å²) in [7, 11) is 3.34. The van der Waals surface area contributed by atoms with E-state index in [0.717, 1.165) is 40.5 Å². The van der Waals surface area contributed by atoms with Gasteiger partial charge in [0, 0.05) is 30.2 Å². The second-order valence-electron chi connectivity index (χ2n) is 7.03. The van der Waals surface area contributed by atoms with E-state index < -0.39 is 0 Å². The molecule has 0 unspecified atom stereocenters. The van der Waals surface area contributed by atoms with Crippen molar-refractivity contribution >= 4 is 0 Å². The molecule has 1 aliphatic rings. The lowest BCUT2D eigenvalue weighted by Gasteiger charge is -2.42. The lowest BCUT2D eigenvalue weighted by Crippen LogP contribution is -2.61. The summed E-state index contributed by atoms with van der Waals surface area (Å²) in [5.41, 5.74) is 2.85. The Morgan fingerprint density at radius 2 is 1.82 bits per heavy atom. The molecule has 0 bridgehead atoms. The van der Waals surface area contributed by atoms with Gasteiger partial charge in [-0.25, -0.2) is 0 Å². The SMILES string of the molecule is COc1ccc(-c2cc(CC3(NCc4ccccc4OC)COC3)no2)cc1. The number of nitrogens with zero attached hydrogens (tertiary/aromatic N) is 1. The summed E-state index contributed by atoms with van der Waals surface area (Å²) in [5.74, 6) is 2.45. The van der Waals surface area contributed by atoms with Crippen LogP contribution in [-0.4, -0.2) is 38.1 Å². The van der Waals surface area contributed by atoms with Crippen LogP contribution in [0.15, 0.2) is 59.1 Å². The van der Waals surface area contributed by atoms with Gasteiger partial charge in [0.1, 0.15) is 11.5 Å². The van der Waals surface area contributed by atoms with E-state index in [1.165, 1.54) is 0 Å². The minimum absolute atomic E-state index is 0.144. The van der Waals surface area contributed by atoms with Crippen molar-refractivity contribution in [3.05, 3.63) is 65.9 Å². The fourth-order valence-electron chi connectivity index (χ4n) is 3.38. The van der Waals surface area contributed by atoms with Crippen molar-refractivity contribution in [1.29, 1.82) is 0 Å². The number of benzene rings is 2. The number of ether oxygens (including phenoxy) is 3. The number of para-hydroxylation sites is 1. The third kappa shape index (κ3) is 3.88. The maximum atomic E-state index is 5.56. The third-order valence-corrected chi connectivity index (χ3v) is 5.06. The zero-order valence-electron chi connectivity index (χ0n) is 16.1. The van der Waals surface area contributed by atoms with Crippen LogP contribution < -0.4 is 14.8 Å². The smallest absolute Gasteiger partial charge is 0.167 e. The monoisotopic (exact) mass is 380 g/mol. The lowest BCUT2D eigenvalue weighted by molar-refractivity contribution is -0.0756. The van der Waals surface area contributed by atoms with E-state index in [-0.39, 0.29) is 5.54 Å². The number of hydrogen-bond donors (Lipinski definition) is 1. The molecule has 28 heavy (non-hydrogen) atoms. The van der Waals surface area contributed by atoms with E-state index in [1.54, 1.807) is 14.2 Å². The first kappa shape index (κ1) is 18.5. The Hall–Kier alpha value is -2.83. The Labute approximate surface area is 164 Å². The number of aromatic nitrogens is 1. The standard InChI is InChI=1S/C22H24N2O4/c1-25-19-9-7-16(8-10-19)21-11-18(24-28-21)12-22(14-27-15-22)23-13-17-5-3-4-6-20(17)26-2/h3-11,23H,12-15H2,1-2H3. The predicted molar refractivity (Wildman–Crippen MR) is 106 cm³/mol. The highest BCUT2D eigenvalue weighted by Crippen LogP contribution is 2.28. The van der Waals surface area contributed by atoms with Crippen LogP contribution in [0.2, 0.25) is 0 Å². The van der Waals surface area contributed by atoms with Crippen molar-refractivity contribution < 1.29 is 18.7 Å². The molecule has 0 aliphatic carbocycles. The van der Waals surface area contributed by atoms with E-state index >= 15 is 0 Å². The molecule has 4 rings (SSSR count). The first-order valence-electron chi connectivity index (χ1n) is 9.26. The molecule has 6 heteroatoms. The van der Waals surface area contributed by atoms with Crippen molar-refractivity contribution in [3.63, 3.8) is 0 Å². The van der Waals surface area contributed by atoms with Crippen LogP contribution in [0.4, 0.5) is 0 Å². The predicted octanol–water partition coefficient (Wildman–Crippen LogP) is 3.46. The van der Waals surface area contributed by atoms with Crippen molar-refractivity contribution in [1.82, 2.24) is 10.5 Å². The first-order chi connectivity index (χ1) is 13.7. The van der Waals surface area contributed by atoms with Crippen LogP contribution >= 0.6 is 0 Å². The van der Waals surface area contributed by atoms with Gasteiger partial charge in [-0.05, 0) is 30.3 Å². The van der Waals surface area contributed by atoms with Gasteiger partial charge in [0.25, 0.3) is 0 Å². The molecule has 0 spiro atoms. The lowest BCUT2D eigenvalue weighted by atomic mass is 9.90. The molecule has 1 saturated heterocycles. The second kappa shape index (κ2) is 8.04. The minimum atomic E-state index is -0.144. The van der Waals surface area contributed by atoms with Gasteiger partial charge in [0.15, 0.2) is 5.76 Å². The highest BCUT2D eigenvalue weighted by Gasteiger charge is 2.39. The van der Waals surface area contributed by atoms with Crippen molar-refractivity contribution in [3.8, 4) is 22.8 Å².